The first-order valence-electron chi connectivity index (χ1n) is 6.84. The number of pyridine rings is 1. The highest BCUT2D eigenvalue weighted by Gasteiger charge is 2.11. The molecule has 6 heteroatoms. The molecule has 0 spiro atoms. The van der Waals surface area contributed by atoms with Gasteiger partial charge in [0, 0.05) is 16.6 Å². The Labute approximate surface area is 126 Å². The van der Waals surface area contributed by atoms with Gasteiger partial charge in [-0.15, -0.1) is 11.3 Å². The Hall–Kier alpha value is -2.21. The fraction of sp³-hybridized carbons (Fsp3) is 0.267. The zero-order valence-electron chi connectivity index (χ0n) is 11.7. The van der Waals surface area contributed by atoms with Crippen LogP contribution in [0.3, 0.4) is 0 Å². The van der Waals surface area contributed by atoms with Gasteiger partial charge in [0.05, 0.1) is 11.2 Å². The molecule has 0 atom stereocenters. The molecule has 1 saturated carbocycles. The summed E-state index contributed by atoms with van der Waals surface area (Å²) >= 11 is 1.59. The van der Waals surface area contributed by atoms with Gasteiger partial charge in [0.1, 0.15) is 11.3 Å². The molecule has 0 saturated heterocycles. The number of thiazole rings is 1. The van der Waals surface area contributed by atoms with Gasteiger partial charge in [0.15, 0.2) is 12.1 Å². The highest BCUT2D eigenvalue weighted by atomic mass is 32.1. The number of imidazole rings is 1. The van der Waals surface area contributed by atoms with Crippen molar-refractivity contribution in [2.45, 2.75) is 26.2 Å². The lowest BCUT2D eigenvalue weighted by atomic mass is 10.2. The molecule has 3 aromatic rings. The van der Waals surface area contributed by atoms with Crippen molar-refractivity contribution in [3.63, 3.8) is 0 Å². The zero-order valence-corrected chi connectivity index (χ0v) is 12.6. The molecular formula is C15H16N4OS. The molecule has 0 aromatic carbocycles. The van der Waals surface area contributed by atoms with E-state index in [0.29, 0.717) is 17.6 Å². The van der Waals surface area contributed by atoms with E-state index < -0.39 is 0 Å². The minimum Gasteiger partial charge on any atom is -0.382 e. The Morgan fingerprint density at radius 1 is 1.33 bits per heavy atom. The average Bonchev–Trinajstić information content (AvgIpc) is 3.24. The molecule has 0 radical (unpaired) electrons. The van der Waals surface area contributed by atoms with E-state index in [1.54, 1.807) is 21.2 Å². The number of carbonyl (C=O) groups excluding carboxylic acids is 1. The lowest BCUT2D eigenvalue weighted by molar-refractivity contribution is 0.111. The molecule has 0 amide bonds. The lowest BCUT2D eigenvalue weighted by Gasteiger charge is -2.01. The lowest BCUT2D eigenvalue weighted by Crippen LogP contribution is -1.95. The van der Waals surface area contributed by atoms with Crippen LogP contribution in [-0.2, 0) is 0 Å². The highest BCUT2D eigenvalue weighted by Crippen LogP contribution is 2.25. The van der Waals surface area contributed by atoms with Gasteiger partial charge in [-0.3, -0.25) is 9.20 Å². The number of rotatable bonds is 2. The number of nitrogens with zero attached hydrogens (tertiary/aromatic N) is 3. The SMILES string of the molecule is C1CC1.Cc1scnc1-c1ccc2nc(N)c(C=O)n2c1. The van der Waals surface area contributed by atoms with Crippen LogP contribution in [0, 0.1) is 6.92 Å². The van der Waals surface area contributed by atoms with Crippen LogP contribution in [-0.4, -0.2) is 20.7 Å². The zero-order chi connectivity index (χ0) is 14.8. The topological polar surface area (TPSA) is 73.3 Å². The number of anilines is 1. The van der Waals surface area contributed by atoms with E-state index in [0.717, 1.165) is 16.1 Å². The number of nitrogens with two attached hydrogens (primary N) is 1. The minimum absolute atomic E-state index is 0.247. The molecule has 0 aliphatic heterocycles. The van der Waals surface area contributed by atoms with Gasteiger partial charge in [-0.05, 0) is 19.1 Å². The van der Waals surface area contributed by atoms with E-state index in [1.165, 1.54) is 19.3 Å². The normalized spacial score (nSPS) is 12.8. The van der Waals surface area contributed by atoms with Crippen LogP contribution in [0.1, 0.15) is 34.6 Å². The summed E-state index contributed by atoms with van der Waals surface area (Å²) in [6.07, 6.45) is 7.05. The third kappa shape index (κ3) is 2.80. The minimum atomic E-state index is 0.247. The third-order valence-corrected chi connectivity index (χ3v) is 3.93. The summed E-state index contributed by atoms with van der Waals surface area (Å²) in [5.41, 5.74) is 10.4. The Bertz CT molecular complexity index is 785. The number of hydrogen-bond donors (Lipinski definition) is 1. The fourth-order valence-electron chi connectivity index (χ4n) is 1.92. The van der Waals surface area contributed by atoms with Gasteiger partial charge in [-0.25, -0.2) is 9.97 Å². The Morgan fingerprint density at radius 3 is 2.67 bits per heavy atom. The van der Waals surface area contributed by atoms with Crippen molar-refractivity contribution in [3.05, 3.63) is 34.4 Å². The van der Waals surface area contributed by atoms with Crippen LogP contribution in [0.15, 0.2) is 23.8 Å². The van der Waals surface area contributed by atoms with Gasteiger partial charge >= 0.3 is 0 Å². The van der Waals surface area contributed by atoms with Gasteiger partial charge < -0.3 is 5.73 Å². The Morgan fingerprint density at radius 2 is 2.10 bits per heavy atom. The average molecular weight is 300 g/mol. The molecule has 108 valence electrons. The molecule has 1 aliphatic carbocycles. The summed E-state index contributed by atoms with van der Waals surface area (Å²) in [4.78, 5) is 20.6. The number of fused-ring (bicyclic) bond motifs is 1. The second-order valence-electron chi connectivity index (χ2n) is 4.96. The molecule has 0 unspecified atom stereocenters. The van der Waals surface area contributed by atoms with Crippen LogP contribution in [0.25, 0.3) is 16.9 Å². The first kappa shape index (κ1) is 13.8. The summed E-state index contributed by atoms with van der Waals surface area (Å²) in [6, 6.07) is 3.76. The Balaban J connectivity index is 0.000000393. The summed E-state index contributed by atoms with van der Waals surface area (Å²) < 4.78 is 1.69. The van der Waals surface area contributed by atoms with Crippen molar-refractivity contribution in [3.8, 4) is 11.3 Å². The number of carbonyl (C=O) groups is 1. The van der Waals surface area contributed by atoms with E-state index in [1.807, 2.05) is 25.3 Å². The van der Waals surface area contributed by atoms with Crippen LogP contribution >= 0.6 is 11.3 Å². The van der Waals surface area contributed by atoms with Gasteiger partial charge in [-0.2, -0.15) is 0 Å². The maximum absolute atomic E-state index is 11.0. The smallest absolute Gasteiger partial charge is 0.170 e. The fourth-order valence-corrected chi connectivity index (χ4v) is 2.52. The summed E-state index contributed by atoms with van der Waals surface area (Å²) in [5.74, 6) is 0.247. The quantitative estimate of drug-likeness (QED) is 0.737. The van der Waals surface area contributed by atoms with Crippen molar-refractivity contribution in [2.75, 3.05) is 5.73 Å². The van der Waals surface area contributed by atoms with Crippen LogP contribution in [0.2, 0.25) is 0 Å². The molecule has 2 N–H and O–H groups in total. The number of aldehydes is 1. The Kier molecular flexibility index (Phi) is 3.70. The van der Waals surface area contributed by atoms with Gasteiger partial charge in [0.2, 0.25) is 0 Å². The second-order valence-corrected chi connectivity index (χ2v) is 6.02. The summed E-state index contributed by atoms with van der Waals surface area (Å²) in [6.45, 7) is 2.01. The number of aryl methyl sites for hydroxylation is 1. The van der Waals surface area contributed by atoms with E-state index >= 15 is 0 Å². The largest absolute Gasteiger partial charge is 0.382 e. The first-order valence-corrected chi connectivity index (χ1v) is 7.72. The molecule has 1 aliphatic rings. The van der Waals surface area contributed by atoms with Crippen molar-refractivity contribution in [1.82, 2.24) is 14.4 Å². The van der Waals surface area contributed by atoms with Crippen molar-refractivity contribution < 1.29 is 4.79 Å². The molecule has 3 aromatic heterocycles. The summed E-state index contributed by atoms with van der Waals surface area (Å²) in [5, 5.41) is 0. The van der Waals surface area contributed by atoms with Crippen LogP contribution in [0.4, 0.5) is 5.82 Å². The highest BCUT2D eigenvalue weighted by molar-refractivity contribution is 7.10. The number of aromatic nitrogens is 3. The summed E-state index contributed by atoms with van der Waals surface area (Å²) in [7, 11) is 0. The van der Waals surface area contributed by atoms with Crippen molar-refractivity contribution >= 4 is 29.1 Å². The predicted octanol–water partition coefficient (Wildman–Crippen LogP) is 3.33. The van der Waals surface area contributed by atoms with E-state index in [4.69, 9.17) is 5.73 Å². The predicted molar refractivity (Wildman–Crippen MR) is 84.7 cm³/mol. The number of hydrogen-bond acceptors (Lipinski definition) is 5. The molecule has 4 rings (SSSR count). The molecular weight excluding hydrogens is 284 g/mol. The van der Waals surface area contributed by atoms with Crippen LogP contribution < -0.4 is 5.73 Å². The van der Waals surface area contributed by atoms with E-state index in [-0.39, 0.29) is 5.82 Å². The maximum Gasteiger partial charge on any atom is 0.170 e. The van der Waals surface area contributed by atoms with E-state index in [9.17, 15) is 4.79 Å². The number of nitrogen functional groups attached to an aromatic ring is 1. The van der Waals surface area contributed by atoms with Crippen molar-refractivity contribution in [2.24, 2.45) is 0 Å². The monoisotopic (exact) mass is 300 g/mol. The molecule has 5 nitrogen and oxygen atoms in total. The van der Waals surface area contributed by atoms with Crippen molar-refractivity contribution in [1.29, 1.82) is 0 Å². The third-order valence-electron chi connectivity index (χ3n) is 3.17. The molecule has 21 heavy (non-hydrogen) atoms. The standard InChI is InChI=1S/C12H10N4OS.C3H6/c1-7-11(14-6-18-7)8-2-3-10-15-12(13)9(5-17)16(10)4-8;1-2-3-1/h2-6H,13H2,1H3;1-3H2. The molecule has 3 heterocycles. The molecule has 0 bridgehead atoms. The molecule has 1 fully saturated rings. The van der Waals surface area contributed by atoms with Crippen LogP contribution in [0.5, 0.6) is 0 Å². The first-order chi connectivity index (χ1) is 10.2. The second kappa shape index (κ2) is 5.65. The van der Waals surface area contributed by atoms with Gasteiger partial charge in [0.25, 0.3) is 0 Å². The van der Waals surface area contributed by atoms with E-state index in [2.05, 4.69) is 9.97 Å². The van der Waals surface area contributed by atoms with Gasteiger partial charge in [-0.1, -0.05) is 19.3 Å². The maximum atomic E-state index is 11.0.